The van der Waals surface area contributed by atoms with E-state index in [1.807, 2.05) is 11.1 Å². The molecule has 1 fully saturated rings. The molecule has 2 aliphatic rings. The second-order valence-electron chi connectivity index (χ2n) is 4.83. The molecule has 0 saturated heterocycles. The summed E-state index contributed by atoms with van der Waals surface area (Å²) < 4.78 is 1.36. The minimum absolute atomic E-state index is 0.961. The van der Waals surface area contributed by atoms with Gasteiger partial charge in [0.2, 0.25) is 0 Å². The predicted octanol–water partition coefficient (Wildman–Crippen LogP) is 4.73. The summed E-state index contributed by atoms with van der Waals surface area (Å²) >= 11 is 2.58. The number of unbranched alkanes of at least 4 members (excludes halogenated alkanes) is 1. The molecule has 14 heavy (non-hydrogen) atoms. The van der Waals surface area contributed by atoms with E-state index in [2.05, 4.69) is 29.5 Å². The summed E-state index contributed by atoms with van der Waals surface area (Å²) in [6.07, 6.45) is 10.1. The standard InChI is InChI=1S/C13H21I/c1-2-3-6-13-11(9-14)8-10-5-4-7-12(10)13/h10-11H,2-9H2,1H3/t10-,11-/m0/s1. The first-order valence-electron chi connectivity index (χ1n) is 6.14. The van der Waals surface area contributed by atoms with Crippen LogP contribution in [-0.4, -0.2) is 4.43 Å². The summed E-state index contributed by atoms with van der Waals surface area (Å²) in [5.41, 5.74) is 3.80. The monoisotopic (exact) mass is 304 g/mol. The normalized spacial score (nSPS) is 31.3. The van der Waals surface area contributed by atoms with Gasteiger partial charge in [0.1, 0.15) is 0 Å². The lowest BCUT2D eigenvalue weighted by atomic mass is 9.96. The van der Waals surface area contributed by atoms with Crippen LogP contribution in [0.3, 0.4) is 0 Å². The molecule has 80 valence electrons. The fourth-order valence-corrected chi connectivity index (χ4v) is 4.13. The quantitative estimate of drug-likeness (QED) is 0.400. The van der Waals surface area contributed by atoms with Crippen molar-refractivity contribution in [3.05, 3.63) is 11.1 Å². The minimum atomic E-state index is 0.961. The molecular formula is C13H21I. The molecule has 0 radical (unpaired) electrons. The first kappa shape index (κ1) is 11.0. The molecule has 1 heteroatoms. The number of hydrogen-bond donors (Lipinski definition) is 0. The van der Waals surface area contributed by atoms with Crippen LogP contribution in [0.5, 0.6) is 0 Å². The van der Waals surface area contributed by atoms with Gasteiger partial charge in [-0.25, -0.2) is 0 Å². The Labute approximate surface area is 102 Å². The molecule has 2 rings (SSSR count). The summed E-state index contributed by atoms with van der Waals surface area (Å²) in [7, 11) is 0. The van der Waals surface area contributed by atoms with E-state index in [-0.39, 0.29) is 0 Å². The van der Waals surface area contributed by atoms with Crippen LogP contribution in [0.15, 0.2) is 11.1 Å². The Hall–Kier alpha value is 0.470. The van der Waals surface area contributed by atoms with Crippen molar-refractivity contribution in [2.24, 2.45) is 11.8 Å². The highest BCUT2D eigenvalue weighted by atomic mass is 127. The average molecular weight is 304 g/mol. The van der Waals surface area contributed by atoms with E-state index in [1.165, 1.54) is 49.4 Å². The van der Waals surface area contributed by atoms with Crippen LogP contribution in [0.1, 0.15) is 51.9 Å². The van der Waals surface area contributed by atoms with Crippen LogP contribution in [0.2, 0.25) is 0 Å². The molecular weight excluding hydrogens is 283 g/mol. The molecule has 0 spiro atoms. The van der Waals surface area contributed by atoms with Crippen LogP contribution < -0.4 is 0 Å². The zero-order chi connectivity index (χ0) is 9.97. The fourth-order valence-electron chi connectivity index (χ4n) is 3.24. The van der Waals surface area contributed by atoms with Crippen LogP contribution in [-0.2, 0) is 0 Å². The topological polar surface area (TPSA) is 0 Å². The van der Waals surface area contributed by atoms with Crippen LogP contribution in [0.4, 0.5) is 0 Å². The van der Waals surface area contributed by atoms with Crippen LogP contribution in [0, 0.1) is 11.8 Å². The Kier molecular flexibility index (Phi) is 3.92. The third kappa shape index (κ3) is 2.02. The summed E-state index contributed by atoms with van der Waals surface area (Å²) in [5.74, 6) is 1.98. The van der Waals surface area contributed by atoms with Crippen LogP contribution >= 0.6 is 22.6 Å². The zero-order valence-electron chi connectivity index (χ0n) is 9.19. The van der Waals surface area contributed by atoms with Crippen molar-refractivity contribution < 1.29 is 0 Å². The van der Waals surface area contributed by atoms with E-state index in [1.54, 1.807) is 0 Å². The Morgan fingerprint density at radius 1 is 1.43 bits per heavy atom. The van der Waals surface area contributed by atoms with Gasteiger partial charge in [-0.15, -0.1) is 0 Å². The minimum Gasteiger partial charge on any atom is -0.0857 e. The lowest BCUT2D eigenvalue weighted by molar-refractivity contribution is 0.528. The second-order valence-corrected chi connectivity index (χ2v) is 5.71. The lowest BCUT2D eigenvalue weighted by Crippen LogP contribution is -2.02. The fraction of sp³-hybridized carbons (Fsp3) is 0.846. The molecule has 0 aromatic heterocycles. The molecule has 0 heterocycles. The van der Waals surface area contributed by atoms with Gasteiger partial charge >= 0.3 is 0 Å². The number of halogens is 1. The Morgan fingerprint density at radius 2 is 2.29 bits per heavy atom. The SMILES string of the molecule is CCCCC1=C2CCC[C@H]2C[C@H]1CI. The Balaban J connectivity index is 2.09. The maximum Gasteiger partial charge on any atom is 0.00613 e. The van der Waals surface area contributed by atoms with Gasteiger partial charge in [0, 0.05) is 4.43 Å². The largest absolute Gasteiger partial charge is 0.0857 e. The van der Waals surface area contributed by atoms with Crippen molar-refractivity contribution in [1.29, 1.82) is 0 Å². The smallest absolute Gasteiger partial charge is 0.00613 e. The maximum atomic E-state index is 2.58. The van der Waals surface area contributed by atoms with Gasteiger partial charge in [0.25, 0.3) is 0 Å². The summed E-state index contributed by atoms with van der Waals surface area (Å²) in [6.45, 7) is 2.31. The molecule has 0 bridgehead atoms. The average Bonchev–Trinajstić information content (AvgIpc) is 2.74. The van der Waals surface area contributed by atoms with E-state index in [0.717, 1.165) is 11.8 Å². The van der Waals surface area contributed by atoms with Crippen molar-refractivity contribution in [2.45, 2.75) is 51.9 Å². The molecule has 2 aliphatic carbocycles. The van der Waals surface area contributed by atoms with Gasteiger partial charge in [-0.2, -0.15) is 0 Å². The van der Waals surface area contributed by atoms with Crippen LogP contribution in [0.25, 0.3) is 0 Å². The van der Waals surface area contributed by atoms with Gasteiger partial charge in [-0.3, -0.25) is 0 Å². The van der Waals surface area contributed by atoms with E-state index in [4.69, 9.17) is 0 Å². The number of allylic oxidation sites excluding steroid dienone is 2. The second kappa shape index (κ2) is 5.00. The highest BCUT2D eigenvalue weighted by Crippen LogP contribution is 2.48. The van der Waals surface area contributed by atoms with Gasteiger partial charge < -0.3 is 0 Å². The van der Waals surface area contributed by atoms with E-state index >= 15 is 0 Å². The third-order valence-corrected chi connectivity index (χ3v) is 5.01. The summed E-state index contributed by atoms with van der Waals surface area (Å²) in [5, 5.41) is 0. The van der Waals surface area contributed by atoms with Crippen molar-refractivity contribution in [2.75, 3.05) is 4.43 Å². The first-order chi connectivity index (χ1) is 6.86. The maximum absolute atomic E-state index is 2.58. The van der Waals surface area contributed by atoms with Crippen molar-refractivity contribution >= 4 is 22.6 Å². The summed E-state index contributed by atoms with van der Waals surface area (Å²) in [4.78, 5) is 0. The van der Waals surface area contributed by atoms with E-state index in [0.29, 0.717) is 0 Å². The zero-order valence-corrected chi connectivity index (χ0v) is 11.3. The lowest BCUT2D eigenvalue weighted by Gasteiger charge is -2.13. The molecule has 0 N–H and O–H groups in total. The molecule has 2 atom stereocenters. The number of hydrogen-bond acceptors (Lipinski definition) is 0. The first-order valence-corrected chi connectivity index (χ1v) is 7.67. The number of rotatable bonds is 4. The van der Waals surface area contributed by atoms with Gasteiger partial charge in [-0.05, 0) is 50.4 Å². The molecule has 1 saturated carbocycles. The molecule has 0 nitrogen and oxygen atoms in total. The number of alkyl halides is 1. The Morgan fingerprint density at radius 3 is 3.00 bits per heavy atom. The Bertz CT molecular complexity index is 229. The molecule has 0 aliphatic heterocycles. The predicted molar refractivity (Wildman–Crippen MR) is 70.9 cm³/mol. The van der Waals surface area contributed by atoms with Crippen molar-refractivity contribution in [3.63, 3.8) is 0 Å². The van der Waals surface area contributed by atoms with Crippen molar-refractivity contribution in [1.82, 2.24) is 0 Å². The van der Waals surface area contributed by atoms with E-state index < -0.39 is 0 Å². The van der Waals surface area contributed by atoms with E-state index in [9.17, 15) is 0 Å². The van der Waals surface area contributed by atoms with Gasteiger partial charge in [-0.1, -0.05) is 47.1 Å². The molecule has 0 aromatic rings. The number of fused-ring (bicyclic) bond motifs is 1. The molecule has 0 amide bonds. The third-order valence-electron chi connectivity index (χ3n) is 3.95. The highest BCUT2D eigenvalue weighted by Gasteiger charge is 2.34. The van der Waals surface area contributed by atoms with Gasteiger partial charge in [0.15, 0.2) is 0 Å². The highest BCUT2D eigenvalue weighted by molar-refractivity contribution is 14.1. The molecule has 0 aromatic carbocycles. The van der Waals surface area contributed by atoms with Crippen molar-refractivity contribution in [3.8, 4) is 0 Å². The molecule has 0 unspecified atom stereocenters. The summed E-state index contributed by atoms with van der Waals surface area (Å²) in [6, 6.07) is 0. The van der Waals surface area contributed by atoms with Gasteiger partial charge in [0.05, 0.1) is 0 Å².